The molecule has 9 heteroatoms. The van der Waals surface area contributed by atoms with Crippen LogP contribution in [0.15, 0.2) is 61.3 Å². The van der Waals surface area contributed by atoms with Crippen molar-refractivity contribution >= 4 is 17.6 Å². The molecule has 0 radical (unpaired) electrons. The van der Waals surface area contributed by atoms with E-state index in [0.29, 0.717) is 34.3 Å². The summed E-state index contributed by atoms with van der Waals surface area (Å²) in [6.45, 7) is 4.99. The highest BCUT2D eigenvalue weighted by Crippen LogP contribution is 2.55. The number of hydrogen-bond donors (Lipinski definition) is 2. The van der Waals surface area contributed by atoms with Crippen molar-refractivity contribution in [1.29, 1.82) is 0 Å². The van der Waals surface area contributed by atoms with Gasteiger partial charge in [-0.15, -0.1) is 0 Å². The van der Waals surface area contributed by atoms with E-state index >= 15 is 0 Å². The summed E-state index contributed by atoms with van der Waals surface area (Å²) in [7, 11) is 1.57. The van der Waals surface area contributed by atoms with Crippen molar-refractivity contribution in [2.45, 2.75) is 26.3 Å². The topological polar surface area (TPSA) is 115 Å². The molecule has 1 spiro atoms. The summed E-state index contributed by atoms with van der Waals surface area (Å²) in [5.74, 6) is 1.11. The molecule has 3 heterocycles. The minimum atomic E-state index is -0.302. The standard InChI is InChI=1S/C25H26N6O3.CH4/c1-3-20(32)30-14-25(15-30)11-17(12-25)31-23(26)21(24(33)27-2)22(29-31)16-9-10-19(28-13-16)34-18-7-5-4-6-8-18;/h3-10,13,17H,1,11-12,14-15,26H2,2H3,(H,27,33);1H4. The number of nitrogens with two attached hydrogens (primary N) is 1. The molecule has 182 valence electrons. The number of carbonyl (C=O) groups excluding carboxylic acids is 2. The lowest BCUT2D eigenvalue weighted by Gasteiger charge is -2.58. The largest absolute Gasteiger partial charge is 0.439 e. The fourth-order valence-electron chi connectivity index (χ4n) is 4.89. The molecule has 2 aliphatic rings. The van der Waals surface area contributed by atoms with Gasteiger partial charge in [0.15, 0.2) is 0 Å². The maximum atomic E-state index is 12.7. The van der Waals surface area contributed by atoms with E-state index in [1.165, 1.54) is 6.08 Å². The Balaban J connectivity index is 0.00000289. The average molecular weight is 475 g/mol. The zero-order chi connectivity index (χ0) is 23.9. The fourth-order valence-corrected chi connectivity index (χ4v) is 4.89. The first kappa shape index (κ1) is 24.0. The molecule has 2 amide bonds. The number of nitrogens with one attached hydrogen (secondary N) is 1. The number of likely N-dealkylation sites (tertiary alicyclic amines) is 1. The van der Waals surface area contributed by atoms with Crippen LogP contribution in [0, 0.1) is 5.41 Å². The molecule has 35 heavy (non-hydrogen) atoms. The van der Waals surface area contributed by atoms with Crippen molar-refractivity contribution in [3.63, 3.8) is 0 Å². The van der Waals surface area contributed by atoms with Crippen LogP contribution in [0.4, 0.5) is 5.82 Å². The van der Waals surface area contributed by atoms with Crippen LogP contribution in [0.2, 0.25) is 0 Å². The summed E-state index contributed by atoms with van der Waals surface area (Å²) in [4.78, 5) is 30.6. The van der Waals surface area contributed by atoms with Gasteiger partial charge in [0.2, 0.25) is 11.8 Å². The smallest absolute Gasteiger partial charge is 0.257 e. The fraction of sp³-hybridized carbons (Fsp3) is 0.308. The Bertz CT molecular complexity index is 1240. The van der Waals surface area contributed by atoms with Crippen LogP contribution in [-0.4, -0.2) is 51.6 Å². The second-order valence-corrected chi connectivity index (χ2v) is 8.89. The zero-order valence-corrected chi connectivity index (χ0v) is 18.9. The molecular weight excluding hydrogens is 444 g/mol. The van der Waals surface area contributed by atoms with Gasteiger partial charge in [-0.05, 0) is 37.1 Å². The quantitative estimate of drug-likeness (QED) is 0.527. The Morgan fingerprint density at radius 2 is 1.91 bits per heavy atom. The van der Waals surface area contributed by atoms with Gasteiger partial charge in [0.1, 0.15) is 22.8 Å². The van der Waals surface area contributed by atoms with E-state index in [0.717, 1.165) is 25.9 Å². The molecule has 9 nitrogen and oxygen atoms in total. The molecule has 0 atom stereocenters. The number of carbonyl (C=O) groups is 2. The second-order valence-electron chi connectivity index (χ2n) is 8.89. The zero-order valence-electron chi connectivity index (χ0n) is 18.9. The van der Waals surface area contributed by atoms with Crippen LogP contribution >= 0.6 is 0 Å². The van der Waals surface area contributed by atoms with Crippen molar-refractivity contribution < 1.29 is 14.3 Å². The molecule has 2 fully saturated rings. The third-order valence-electron chi connectivity index (χ3n) is 6.60. The summed E-state index contributed by atoms with van der Waals surface area (Å²) >= 11 is 0. The van der Waals surface area contributed by atoms with Crippen molar-refractivity contribution in [3.05, 3.63) is 66.9 Å². The predicted molar refractivity (Wildman–Crippen MR) is 134 cm³/mol. The van der Waals surface area contributed by atoms with E-state index in [1.807, 2.05) is 36.4 Å². The highest BCUT2D eigenvalue weighted by Gasteiger charge is 2.54. The highest BCUT2D eigenvalue weighted by molar-refractivity contribution is 6.04. The first-order valence-corrected chi connectivity index (χ1v) is 11.1. The number of para-hydroxylation sites is 1. The van der Waals surface area contributed by atoms with Gasteiger partial charge in [0.25, 0.3) is 5.91 Å². The minimum Gasteiger partial charge on any atom is -0.439 e. The maximum Gasteiger partial charge on any atom is 0.257 e. The molecule has 3 N–H and O–H groups in total. The number of anilines is 1. The number of pyridine rings is 1. The lowest BCUT2D eigenvalue weighted by atomic mass is 9.60. The molecule has 1 aromatic carbocycles. The molecule has 0 bridgehead atoms. The number of rotatable bonds is 6. The number of nitrogen functional groups attached to an aromatic ring is 1. The number of amides is 2. The average Bonchev–Trinajstić information content (AvgIpc) is 3.14. The molecular formula is C26H30N6O3. The van der Waals surface area contributed by atoms with E-state index < -0.39 is 0 Å². The van der Waals surface area contributed by atoms with Crippen LogP contribution in [0.5, 0.6) is 11.6 Å². The molecule has 3 aromatic rings. The molecule has 1 saturated heterocycles. The van der Waals surface area contributed by atoms with Crippen LogP contribution in [0.25, 0.3) is 11.3 Å². The maximum absolute atomic E-state index is 12.7. The lowest BCUT2D eigenvalue weighted by Crippen LogP contribution is -2.63. The molecule has 2 aromatic heterocycles. The molecule has 1 aliphatic carbocycles. The predicted octanol–water partition coefficient (Wildman–Crippen LogP) is 3.66. The summed E-state index contributed by atoms with van der Waals surface area (Å²) in [6.07, 6.45) is 4.69. The van der Waals surface area contributed by atoms with Gasteiger partial charge >= 0.3 is 0 Å². The van der Waals surface area contributed by atoms with Crippen LogP contribution in [0.1, 0.15) is 36.7 Å². The number of benzene rings is 1. The van der Waals surface area contributed by atoms with E-state index in [4.69, 9.17) is 15.6 Å². The Labute approximate surface area is 204 Å². The second kappa shape index (κ2) is 9.25. The van der Waals surface area contributed by atoms with Crippen molar-refractivity contribution in [2.24, 2.45) is 5.41 Å². The minimum absolute atomic E-state index is 0. The summed E-state index contributed by atoms with van der Waals surface area (Å²) in [5, 5.41) is 7.39. The van der Waals surface area contributed by atoms with Gasteiger partial charge in [0, 0.05) is 43.4 Å². The van der Waals surface area contributed by atoms with Crippen molar-refractivity contribution in [3.8, 4) is 22.9 Å². The molecule has 0 unspecified atom stereocenters. The van der Waals surface area contributed by atoms with E-state index in [2.05, 4.69) is 16.9 Å². The number of aromatic nitrogens is 3. The van der Waals surface area contributed by atoms with Gasteiger partial charge in [-0.2, -0.15) is 5.10 Å². The van der Waals surface area contributed by atoms with Gasteiger partial charge in [-0.25, -0.2) is 9.67 Å². The SMILES string of the molecule is C.C=CC(=O)N1CC2(CC(n3nc(-c4ccc(Oc5ccccc5)nc4)c(C(=O)NC)c3N)C2)C1. The number of ether oxygens (including phenoxy) is 1. The van der Waals surface area contributed by atoms with Gasteiger partial charge in [0.05, 0.1) is 6.04 Å². The van der Waals surface area contributed by atoms with E-state index in [-0.39, 0.29) is 30.7 Å². The first-order valence-electron chi connectivity index (χ1n) is 11.1. The number of nitrogens with zero attached hydrogens (tertiary/aromatic N) is 4. The van der Waals surface area contributed by atoms with E-state index in [9.17, 15) is 9.59 Å². The normalized spacial score (nSPS) is 16.0. The van der Waals surface area contributed by atoms with Gasteiger partial charge in [-0.3, -0.25) is 9.59 Å². The van der Waals surface area contributed by atoms with Gasteiger partial charge < -0.3 is 20.7 Å². The van der Waals surface area contributed by atoms with Crippen molar-refractivity contribution in [1.82, 2.24) is 25.0 Å². The summed E-state index contributed by atoms with van der Waals surface area (Å²) in [6, 6.07) is 13.0. The first-order chi connectivity index (χ1) is 16.4. The van der Waals surface area contributed by atoms with Crippen LogP contribution < -0.4 is 15.8 Å². The Morgan fingerprint density at radius 3 is 2.51 bits per heavy atom. The Kier molecular flexibility index (Phi) is 6.34. The molecule has 1 saturated carbocycles. The highest BCUT2D eigenvalue weighted by atomic mass is 16.5. The van der Waals surface area contributed by atoms with Crippen LogP contribution in [0.3, 0.4) is 0 Å². The summed E-state index contributed by atoms with van der Waals surface area (Å²) in [5.41, 5.74) is 8.01. The summed E-state index contributed by atoms with van der Waals surface area (Å²) < 4.78 is 7.51. The Morgan fingerprint density at radius 1 is 1.20 bits per heavy atom. The van der Waals surface area contributed by atoms with Gasteiger partial charge in [-0.1, -0.05) is 32.2 Å². The van der Waals surface area contributed by atoms with E-state index in [1.54, 1.807) is 28.9 Å². The number of hydrogen-bond acceptors (Lipinski definition) is 6. The van der Waals surface area contributed by atoms with Crippen LogP contribution in [-0.2, 0) is 4.79 Å². The third kappa shape index (κ3) is 4.25. The van der Waals surface area contributed by atoms with Crippen molar-refractivity contribution in [2.75, 3.05) is 25.9 Å². The Hall–Kier alpha value is -4.14. The molecule has 1 aliphatic heterocycles. The third-order valence-corrected chi connectivity index (χ3v) is 6.60. The lowest BCUT2D eigenvalue weighted by molar-refractivity contribution is -0.148. The molecule has 5 rings (SSSR count). The monoisotopic (exact) mass is 474 g/mol.